The molecule has 1 aromatic carbocycles. The van der Waals surface area contributed by atoms with Crippen LogP contribution in [-0.4, -0.2) is 73.5 Å². The fraction of sp³-hybridized carbons (Fsp3) is 0.765. The molecule has 0 amide bonds. The molecule has 3 unspecified atom stereocenters. The molecule has 1 aliphatic heterocycles. The van der Waals surface area contributed by atoms with E-state index in [1.165, 1.54) is 0 Å². The van der Waals surface area contributed by atoms with E-state index in [-0.39, 0.29) is 23.8 Å². The highest BCUT2D eigenvalue weighted by atomic mass is 32.2. The lowest BCUT2D eigenvalue weighted by molar-refractivity contribution is -0.382. The van der Waals surface area contributed by atoms with E-state index in [2.05, 4.69) is 4.18 Å². The number of halogens is 14. The Kier molecular flexibility index (Phi) is 9.83. The third-order valence-corrected chi connectivity index (χ3v) is 13.8. The van der Waals surface area contributed by atoms with Crippen LogP contribution in [0.4, 0.5) is 61.5 Å². The summed E-state index contributed by atoms with van der Waals surface area (Å²) in [6.07, 6.45) is -13.2. The zero-order valence-electron chi connectivity index (χ0n) is 29.0. The van der Waals surface area contributed by atoms with Crippen molar-refractivity contribution in [3.8, 4) is 5.75 Å². The van der Waals surface area contributed by atoms with Crippen LogP contribution in [0, 0.1) is 29.1 Å². The van der Waals surface area contributed by atoms with Crippen LogP contribution >= 0.6 is 0 Å². The largest absolute Gasteiger partial charge is 0.460 e. The Morgan fingerprint density at radius 1 is 0.782 bits per heavy atom. The van der Waals surface area contributed by atoms with Gasteiger partial charge in [-0.3, -0.25) is 0 Å². The van der Waals surface area contributed by atoms with Gasteiger partial charge in [0.15, 0.2) is 5.79 Å². The Morgan fingerprint density at radius 2 is 1.36 bits per heavy atom. The van der Waals surface area contributed by atoms with Crippen LogP contribution in [0.5, 0.6) is 5.75 Å². The zero-order chi connectivity index (χ0) is 41.2. The number of fused-ring (bicyclic) bond motifs is 4. The predicted octanol–water partition coefficient (Wildman–Crippen LogP) is 9.54. The first-order valence-corrected chi connectivity index (χ1v) is 18.7. The summed E-state index contributed by atoms with van der Waals surface area (Å²) in [7, 11) is -7.29. The van der Waals surface area contributed by atoms with Crippen molar-refractivity contribution in [1.29, 1.82) is 0 Å². The summed E-state index contributed by atoms with van der Waals surface area (Å²) in [5.41, 5.74) is -4.11. The van der Waals surface area contributed by atoms with E-state index in [1.54, 1.807) is 0 Å². The van der Waals surface area contributed by atoms with Gasteiger partial charge in [-0.05, 0) is 74.0 Å². The van der Waals surface area contributed by atoms with E-state index >= 15 is 8.78 Å². The second kappa shape index (κ2) is 12.8. The van der Waals surface area contributed by atoms with Gasteiger partial charge in [0.05, 0.1) is 13.2 Å². The monoisotopic (exact) mass is 838 g/mol. The standard InChI is InChI=1S/C34H36F14O6S/c1-17-15-52-27(53-16-17)11-9-21-19(13-27)5-8-22-24-10-12-28(49,29(35,36)32(41,42)43)26(24,2)14-23(25(21)22)18-3-6-20(7-4-18)54-55(50,51)34(47,48)31(39,40)30(37,38)33(44,45)46/h3-4,6-7,17,19,22-24,49H,5,8-16H2,1-2H3/t17?,19?,22?,23-,24?,26+,27?,28+/m1/s1. The molecular weight excluding hydrogens is 802 g/mol. The van der Waals surface area contributed by atoms with E-state index < -0.39 is 98.6 Å². The smallest absolute Gasteiger partial charge is 0.383 e. The van der Waals surface area contributed by atoms with Gasteiger partial charge in [0.2, 0.25) is 0 Å². The summed E-state index contributed by atoms with van der Waals surface area (Å²) >= 11 is 0. The zero-order valence-corrected chi connectivity index (χ0v) is 29.8. The highest BCUT2D eigenvalue weighted by molar-refractivity contribution is 7.88. The molecule has 0 aromatic heterocycles. The van der Waals surface area contributed by atoms with Crippen molar-refractivity contribution in [1.82, 2.24) is 0 Å². The molecule has 21 heteroatoms. The Bertz CT molecular complexity index is 1790. The van der Waals surface area contributed by atoms with Gasteiger partial charge in [0.25, 0.3) is 0 Å². The highest BCUT2D eigenvalue weighted by Crippen LogP contribution is 2.71. The van der Waals surface area contributed by atoms with Gasteiger partial charge in [0, 0.05) is 30.1 Å². The Morgan fingerprint density at radius 3 is 1.91 bits per heavy atom. The number of ether oxygens (including phenoxy) is 2. The van der Waals surface area contributed by atoms with Crippen molar-refractivity contribution >= 4 is 10.1 Å². The molecule has 1 saturated heterocycles. The SMILES string of the molecule is CC1COC2(CCC3=C4C(CCC3C2)C2CC[C@@](O)(C(F)(F)C(F)(F)F)[C@@]2(C)C[C@@H]4c2ccc(OS(=O)(=O)C(F)(F)C(F)(F)C(F)(F)C(F)(F)F)cc2)OC1. The quantitative estimate of drug-likeness (QED) is 0.168. The van der Waals surface area contributed by atoms with Gasteiger partial charge in [-0.2, -0.15) is 69.9 Å². The topological polar surface area (TPSA) is 82.1 Å². The van der Waals surface area contributed by atoms with Gasteiger partial charge in [-0.1, -0.05) is 37.1 Å². The summed E-state index contributed by atoms with van der Waals surface area (Å²) in [6, 6.07) is 3.01. The van der Waals surface area contributed by atoms with Crippen LogP contribution in [0.25, 0.3) is 0 Å². The van der Waals surface area contributed by atoms with Crippen LogP contribution in [-0.2, 0) is 19.6 Å². The third-order valence-electron chi connectivity index (χ3n) is 12.5. The minimum absolute atomic E-state index is 0.0575. The van der Waals surface area contributed by atoms with Gasteiger partial charge >= 0.3 is 45.5 Å². The molecule has 5 aliphatic rings. The first-order chi connectivity index (χ1) is 24.9. The maximum Gasteiger partial charge on any atom is 0.460 e. The number of rotatable bonds is 7. The molecule has 1 heterocycles. The van der Waals surface area contributed by atoms with Crippen LogP contribution in [0.3, 0.4) is 0 Å². The first-order valence-electron chi connectivity index (χ1n) is 17.3. The van der Waals surface area contributed by atoms with Crippen LogP contribution in [0.2, 0.25) is 0 Å². The molecular formula is C34H36F14O6S. The van der Waals surface area contributed by atoms with Gasteiger partial charge in [0.1, 0.15) is 11.4 Å². The van der Waals surface area contributed by atoms with E-state index in [4.69, 9.17) is 9.47 Å². The summed E-state index contributed by atoms with van der Waals surface area (Å²) in [5, 5.41) is 4.30. The lowest BCUT2D eigenvalue weighted by Gasteiger charge is -2.57. The van der Waals surface area contributed by atoms with Gasteiger partial charge in [-0.15, -0.1) is 0 Å². The van der Waals surface area contributed by atoms with E-state index in [0.29, 0.717) is 63.0 Å². The number of hydrogen-bond donors (Lipinski definition) is 1. The molecule has 312 valence electrons. The second-order valence-corrected chi connectivity index (χ2v) is 17.3. The average Bonchev–Trinajstić information content (AvgIpc) is 3.35. The van der Waals surface area contributed by atoms with Crippen LogP contribution in [0.15, 0.2) is 35.4 Å². The molecule has 6 atom stereocenters. The molecule has 4 fully saturated rings. The summed E-state index contributed by atoms with van der Waals surface area (Å²) in [4.78, 5) is 0. The molecule has 0 bridgehead atoms. The van der Waals surface area contributed by atoms with E-state index in [1.807, 2.05) is 6.92 Å². The van der Waals surface area contributed by atoms with Crippen molar-refractivity contribution in [2.45, 2.75) is 118 Å². The van der Waals surface area contributed by atoms with Crippen LogP contribution < -0.4 is 4.18 Å². The highest BCUT2D eigenvalue weighted by Gasteiger charge is 2.86. The lowest BCUT2D eigenvalue weighted by atomic mass is 9.49. The van der Waals surface area contributed by atoms with Crippen molar-refractivity contribution in [3.05, 3.63) is 41.0 Å². The summed E-state index contributed by atoms with van der Waals surface area (Å²) in [5.74, 6) is -25.4. The number of allylic oxidation sites excluding steroid dienone is 2. The molecule has 1 aromatic rings. The van der Waals surface area contributed by atoms with E-state index in [9.17, 15) is 66.2 Å². The number of hydrogen-bond acceptors (Lipinski definition) is 6. The Hall–Kier alpha value is -2.39. The molecule has 4 aliphatic carbocycles. The van der Waals surface area contributed by atoms with Crippen molar-refractivity contribution in [2.24, 2.45) is 29.1 Å². The predicted molar refractivity (Wildman–Crippen MR) is 162 cm³/mol. The van der Waals surface area contributed by atoms with Crippen molar-refractivity contribution in [3.63, 3.8) is 0 Å². The molecule has 1 N–H and O–H groups in total. The fourth-order valence-electron chi connectivity index (χ4n) is 9.68. The van der Waals surface area contributed by atoms with Crippen molar-refractivity contribution < 1.29 is 88.6 Å². The molecule has 6 rings (SSSR count). The Balaban J connectivity index is 1.38. The summed E-state index contributed by atoms with van der Waals surface area (Å²) < 4.78 is 234. The third kappa shape index (κ3) is 6.07. The molecule has 3 saturated carbocycles. The second-order valence-electron chi connectivity index (χ2n) is 15.7. The number of benzene rings is 1. The van der Waals surface area contributed by atoms with Gasteiger partial charge in [-0.25, -0.2) is 0 Å². The van der Waals surface area contributed by atoms with Crippen molar-refractivity contribution in [2.75, 3.05) is 13.2 Å². The molecule has 55 heavy (non-hydrogen) atoms. The normalized spacial score (nSPS) is 35.3. The summed E-state index contributed by atoms with van der Waals surface area (Å²) in [6.45, 7) is 3.92. The first kappa shape index (κ1) is 42.2. The average molecular weight is 839 g/mol. The van der Waals surface area contributed by atoms with Gasteiger partial charge < -0.3 is 18.8 Å². The fourth-order valence-corrected chi connectivity index (χ4v) is 10.6. The maximum atomic E-state index is 15.3. The molecule has 1 spiro atoms. The minimum Gasteiger partial charge on any atom is -0.383 e. The van der Waals surface area contributed by atoms with E-state index in [0.717, 1.165) is 24.6 Å². The molecule has 6 nitrogen and oxygen atoms in total. The number of aliphatic hydroxyl groups is 1. The van der Waals surface area contributed by atoms with Crippen LogP contribution in [0.1, 0.15) is 76.7 Å². The number of alkyl halides is 14. The lowest BCUT2D eigenvalue weighted by Crippen LogP contribution is -2.65. The minimum atomic E-state index is -7.55. The maximum absolute atomic E-state index is 15.3. The Labute approximate surface area is 305 Å². The molecule has 0 radical (unpaired) electrons.